The number of hydrogen-bond donors (Lipinski definition) is 2. The second-order valence-corrected chi connectivity index (χ2v) is 9.55. The van der Waals surface area contributed by atoms with Gasteiger partial charge in [0.15, 0.2) is 0 Å². The van der Waals surface area contributed by atoms with Gasteiger partial charge in [0.1, 0.15) is 17.8 Å². The summed E-state index contributed by atoms with van der Waals surface area (Å²) in [5, 5.41) is 0.969. The van der Waals surface area contributed by atoms with E-state index < -0.39 is 10.0 Å². The molecule has 8 heteroatoms. The first kappa shape index (κ1) is 19.6. The predicted molar refractivity (Wildman–Crippen MR) is 108 cm³/mol. The van der Waals surface area contributed by atoms with Crippen molar-refractivity contribution in [1.82, 2.24) is 19.7 Å². The number of nitrogens with one attached hydrogen (secondary N) is 2. The van der Waals surface area contributed by atoms with E-state index in [0.717, 1.165) is 36.1 Å². The number of nitrogens with zero attached hydrogens (tertiary/aromatic N) is 3. The number of rotatable bonds is 8. The quantitative estimate of drug-likeness (QED) is 0.676. The highest BCUT2D eigenvalue weighted by molar-refractivity contribution is 7.89. The number of H-pyrrole nitrogens is 1. The van der Waals surface area contributed by atoms with Crippen LogP contribution in [0.1, 0.15) is 39.5 Å². The monoisotopic (exact) mass is 389 g/mol. The predicted octanol–water partition coefficient (Wildman–Crippen LogP) is 2.28. The summed E-state index contributed by atoms with van der Waals surface area (Å²) in [6, 6.07) is 2.16. The summed E-state index contributed by atoms with van der Waals surface area (Å²) >= 11 is 0. The van der Waals surface area contributed by atoms with Crippen LogP contribution in [0.5, 0.6) is 0 Å². The van der Waals surface area contributed by atoms with Crippen molar-refractivity contribution in [3.8, 4) is 12.3 Å². The number of hydrogen-bond acceptors (Lipinski definition) is 5. The van der Waals surface area contributed by atoms with Crippen molar-refractivity contribution < 1.29 is 8.42 Å². The van der Waals surface area contributed by atoms with E-state index >= 15 is 0 Å². The van der Waals surface area contributed by atoms with Gasteiger partial charge in [-0.2, -0.15) is 0 Å². The zero-order valence-electron chi connectivity index (χ0n) is 16.1. The van der Waals surface area contributed by atoms with Crippen LogP contribution < -0.4 is 9.62 Å². The van der Waals surface area contributed by atoms with Crippen molar-refractivity contribution in [3.63, 3.8) is 0 Å². The Morgan fingerprint density at radius 2 is 2.19 bits per heavy atom. The van der Waals surface area contributed by atoms with Crippen LogP contribution in [0.15, 0.2) is 18.6 Å². The number of fused-ring (bicyclic) bond motifs is 1. The number of terminal acetylenes is 1. The van der Waals surface area contributed by atoms with Crippen molar-refractivity contribution in [1.29, 1.82) is 0 Å². The fourth-order valence-corrected chi connectivity index (χ4v) is 5.60. The molecule has 0 bridgehead atoms. The van der Waals surface area contributed by atoms with Gasteiger partial charge in [0.25, 0.3) is 0 Å². The average Bonchev–Trinajstić information content (AvgIpc) is 3.05. The first-order valence-electron chi connectivity index (χ1n) is 9.21. The molecule has 0 aromatic carbocycles. The van der Waals surface area contributed by atoms with Crippen LogP contribution in [0, 0.1) is 17.8 Å². The molecule has 3 rings (SSSR count). The third kappa shape index (κ3) is 4.25. The van der Waals surface area contributed by atoms with Crippen LogP contribution in [-0.4, -0.2) is 48.3 Å². The van der Waals surface area contributed by atoms with E-state index in [9.17, 15) is 8.42 Å². The highest BCUT2D eigenvalue weighted by Crippen LogP contribution is 2.32. The molecule has 0 spiro atoms. The van der Waals surface area contributed by atoms with Crippen LogP contribution in [-0.2, 0) is 10.0 Å². The average molecular weight is 390 g/mol. The van der Waals surface area contributed by atoms with Crippen molar-refractivity contribution in [2.75, 3.05) is 17.7 Å². The zero-order chi connectivity index (χ0) is 19.7. The summed E-state index contributed by atoms with van der Waals surface area (Å²) in [7, 11) is -1.38. The molecular weight excluding hydrogens is 362 g/mol. The third-order valence-electron chi connectivity index (χ3n) is 5.60. The van der Waals surface area contributed by atoms with Gasteiger partial charge >= 0.3 is 0 Å². The minimum Gasteiger partial charge on any atom is -0.356 e. The first-order chi connectivity index (χ1) is 12.8. The lowest BCUT2D eigenvalue weighted by Crippen LogP contribution is -2.54. The van der Waals surface area contributed by atoms with Gasteiger partial charge in [0.05, 0.1) is 11.1 Å². The molecule has 1 saturated carbocycles. The number of anilines is 1. The number of aromatic amines is 1. The Labute approximate surface area is 161 Å². The van der Waals surface area contributed by atoms with Crippen molar-refractivity contribution in [3.05, 3.63) is 18.6 Å². The SMILES string of the molecule is C#CC[C@@](C)(CC)CS(=O)(=O)NC1CC(N(C)c2ncnc3[nH]ccc23)C1. The molecule has 7 nitrogen and oxygen atoms in total. The zero-order valence-corrected chi connectivity index (χ0v) is 16.9. The highest BCUT2D eigenvalue weighted by atomic mass is 32.2. The van der Waals surface area contributed by atoms with Gasteiger partial charge < -0.3 is 9.88 Å². The molecule has 2 aromatic heterocycles. The van der Waals surface area contributed by atoms with Gasteiger partial charge in [-0.25, -0.2) is 23.1 Å². The fourth-order valence-electron chi connectivity index (χ4n) is 3.59. The highest BCUT2D eigenvalue weighted by Gasteiger charge is 2.37. The molecule has 2 aromatic rings. The third-order valence-corrected chi connectivity index (χ3v) is 7.36. The Bertz CT molecular complexity index is 942. The molecule has 1 aliphatic rings. The Morgan fingerprint density at radius 3 is 2.85 bits per heavy atom. The van der Waals surface area contributed by atoms with E-state index in [0.29, 0.717) is 6.42 Å². The van der Waals surface area contributed by atoms with Crippen LogP contribution in [0.3, 0.4) is 0 Å². The number of aromatic nitrogens is 3. The van der Waals surface area contributed by atoms with Crippen molar-refractivity contribution >= 4 is 26.9 Å². The van der Waals surface area contributed by atoms with E-state index in [1.54, 1.807) is 6.33 Å². The Kier molecular flexibility index (Phi) is 5.45. The summed E-state index contributed by atoms with van der Waals surface area (Å²) in [6.45, 7) is 3.91. The number of sulfonamides is 1. The summed E-state index contributed by atoms with van der Waals surface area (Å²) in [5.74, 6) is 3.53. The summed E-state index contributed by atoms with van der Waals surface area (Å²) in [4.78, 5) is 13.8. The van der Waals surface area contributed by atoms with Crippen molar-refractivity contribution in [2.45, 2.75) is 51.6 Å². The Hall–Kier alpha value is -2.11. The maximum absolute atomic E-state index is 12.6. The van der Waals surface area contributed by atoms with Gasteiger partial charge in [0, 0.05) is 31.7 Å². The van der Waals surface area contributed by atoms with E-state index in [4.69, 9.17) is 6.42 Å². The Morgan fingerprint density at radius 1 is 1.44 bits per heavy atom. The van der Waals surface area contributed by atoms with Gasteiger partial charge in [-0.05, 0) is 30.7 Å². The molecule has 2 N–H and O–H groups in total. The maximum atomic E-state index is 12.6. The molecule has 27 heavy (non-hydrogen) atoms. The molecule has 0 radical (unpaired) electrons. The van der Waals surface area contributed by atoms with E-state index in [1.807, 2.05) is 33.2 Å². The molecular formula is C19H27N5O2S. The lowest BCUT2D eigenvalue weighted by Gasteiger charge is -2.42. The molecule has 0 saturated heterocycles. The summed E-state index contributed by atoms with van der Waals surface area (Å²) < 4.78 is 28.0. The van der Waals surface area contributed by atoms with Gasteiger partial charge in [-0.1, -0.05) is 13.8 Å². The maximum Gasteiger partial charge on any atom is 0.212 e. The molecule has 1 fully saturated rings. The minimum atomic E-state index is -3.37. The Balaban J connectivity index is 1.59. The smallest absolute Gasteiger partial charge is 0.212 e. The second kappa shape index (κ2) is 7.49. The lowest BCUT2D eigenvalue weighted by molar-refractivity contribution is 0.311. The summed E-state index contributed by atoms with van der Waals surface area (Å²) in [6.07, 6.45) is 11.5. The second-order valence-electron chi connectivity index (χ2n) is 7.79. The van der Waals surface area contributed by atoms with E-state index in [1.165, 1.54) is 0 Å². The molecule has 2 heterocycles. The normalized spacial score (nSPS) is 22.0. The largest absolute Gasteiger partial charge is 0.356 e. The molecule has 0 unspecified atom stereocenters. The fraction of sp³-hybridized carbons (Fsp3) is 0.579. The van der Waals surface area contributed by atoms with E-state index in [-0.39, 0.29) is 23.3 Å². The lowest BCUT2D eigenvalue weighted by atomic mass is 9.86. The van der Waals surface area contributed by atoms with Gasteiger partial charge in [-0.3, -0.25) is 0 Å². The van der Waals surface area contributed by atoms with Gasteiger partial charge in [0.2, 0.25) is 10.0 Å². The molecule has 0 aliphatic heterocycles. The van der Waals surface area contributed by atoms with E-state index in [2.05, 4.69) is 30.5 Å². The van der Waals surface area contributed by atoms with Gasteiger partial charge in [-0.15, -0.1) is 12.3 Å². The first-order valence-corrected chi connectivity index (χ1v) is 10.9. The molecule has 146 valence electrons. The standard InChI is InChI=1S/C19H27N5O2S/c1-5-8-19(3,6-2)12-27(25,26)23-14-10-15(11-14)24(4)18-16-7-9-20-17(16)21-13-22-18/h1,7,9,13-15,23H,6,8,10-12H2,2-4H3,(H,20,21,22)/t14?,15?,19-/m1/s1. The van der Waals surface area contributed by atoms with Crippen molar-refractivity contribution in [2.24, 2.45) is 5.41 Å². The molecule has 1 atom stereocenters. The topological polar surface area (TPSA) is 91.0 Å². The van der Waals surface area contributed by atoms with Crippen LogP contribution >= 0.6 is 0 Å². The van der Waals surface area contributed by atoms with Crippen LogP contribution in [0.4, 0.5) is 5.82 Å². The minimum absolute atomic E-state index is 0.0436. The summed E-state index contributed by atoms with van der Waals surface area (Å²) in [5.41, 5.74) is 0.414. The molecule has 0 amide bonds. The van der Waals surface area contributed by atoms with Crippen LogP contribution in [0.25, 0.3) is 11.0 Å². The van der Waals surface area contributed by atoms with Crippen LogP contribution in [0.2, 0.25) is 0 Å². The molecule has 1 aliphatic carbocycles.